The first kappa shape index (κ1) is 37.8. The van der Waals surface area contributed by atoms with Crippen LogP contribution >= 0.6 is 0 Å². The van der Waals surface area contributed by atoms with E-state index in [1.807, 2.05) is 0 Å². The molecule has 2 aromatic heterocycles. The van der Waals surface area contributed by atoms with Gasteiger partial charge in [0, 0.05) is 67.0 Å². The number of hydrogen-bond acceptors (Lipinski definition) is 2. The third-order valence-electron chi connectivity index (χ3n) is 14.2. The Balaban J connectivity index is 1.09. The van der Waals surface area contributed by atoms with Gasteiger partial charge in [-0.3, -0.25) is 0 Å². The van der Waals surface area contributed by atoms with Crippen molar-refractivity contribution in [1.82, 2.24) is 9.13 Å². The van der Waals surface area contributed by atoms with E-state index in [0.29, 0.717) is 0 Å². The highest BCUT2D eigenvalue weighted by atomic mass is 15.2. The van der Waals surface area contributed by atoms with Crippen LogP contribution in [0.25, 0.3) is 55.0 Å². The van der Waals surface area contributed by atoms with Crippen LogP contribution in [-0.2, 0) is 0 Å². The first-order chi connectivity index (χ1) is 31.7. The highest BCUT2D eigenvalue weighted by molar-refractivity contribution is 7.00. The topological polar surface area (TPSA) is 16.3 Å². The Hall–Kier alpha value is -7.76. The van der Waals surface area contributed by atoms with Gasteiger partial charge in [0.15, 0.2) is 0 Å². The average molecular weight is 835 g/mol. The zero-order valence-corrected chi connectivity index (χ0v) is 37.6. The molecule has 0 N–H and O–H groups in total. The Morgan fingerprint density at radius 2 is 0.615 bits per heavy atom. The Bertz CT molecular complexity index is 3430. The molecule has 0 spiro atoms. The van der Waals surface area contributed by atoms with Gasteiger partial charge in [0.05, 0.1) is 22.1 Å². The summed E-state index contributed by atoms with van der Waals surface area (Å²) in [6.07, 6.45) is 0. The van der Waals surface area contributed by atoms with Gasteiger partial charge in [0.25, 0.3) is 6.71 Å². The van der Waals surface area contributed by atoms with E-state index in [2.05, 4.69) is 236 Å². The summed E-state index contributed by atoms with van der Waals surface area (Å²) < 4.78 is 4.94. The molecule has 11 aromatic rings. The second-order valence-electron chi connectivity index (χ2n) is 18.7. The molecule has 0 bridgehead atoms. The molecule has 13 rings (SSSR count). The van der Waals surface area contributed by atoms with Crippen molar-refractivity contribution in [3.63, 3.8) is 0 Å². The molecule has 0 fully saturated rings. The van der Waals surface area contributed by atoms with Crippen molar-refractivity contribution in [2.45, 2.75) is 41.5 Å². The van der Waals surface area contributed by atoms with E-state index in [0.717, 1.165) is 22.7 Å². The summed E-state index contributed by atoms with van der Waals surface area (Å²) >= 11 is 0. The van der Waals surface area contributed by atoms with Crippen LogP contribution in [-0.4, -0.2) is 15.8 Å². The maximum absolute atomic E-state index is 2.52. The lowest BCUT2D eigenvalue weighted by atomic mass is 9.33. The van der Waals surface area contributed by atoms with Gasteiger partial charge in [-0.15, -0.1) is 0 Å². The molecule has 2 aliphatic rings. The van der Waals surface area contributed by atoms with Crippen LogP contribution in [0, 0.1) is 41.5 Å². The number of anilines is 6. The molecule has 65 heavy (non-hydrogen) atoms. The van der Waals surface area contributed by atoms with Crippen molar-refractivity contribution in [1.29, 1.82) is 0 Å². The maximum atomic E-state index is 2.52. The van der Waals surface area contributed by atoms with E-state index >= 15 is 0 Å². The molecule has 0 amide bonds. The molecule has 0 atom stereocenters. The average Bonchev–Trinajstić information content (AvgIpc) is 3.80. The predicted molar refractivity (Wildman–Crippen MR) is 278 cm³/mol. The Morgan fingerprint density at radius 1 is 0.292 bits per heavy atom. The molecular weight excluding hydrogens is 787 g/mol. The number of hydrogen-bond donors (Lipinski definition) is 0. The summed E-state index contributed by atoms with van der Waals surface area (Å²) in [6.45, 7) is 13.1. The number of aromatic nitrogens is 2. The molecule has 0 unspecified atom stereocenters. The van der Waals surface area contributed by atoms with Gasteiger partial charge in [-0.2, -0.15) is 0 Å². The Kier molecular flexibility index (Phi) is 8.06. The van der Waals surface area contributed by atoms with Gasteiger partial charge in [-0.25, -0.2) is 0 Å². The largest absolute Gasteiger partial charge is 0.311 e. The summed E-state index contributed by atoms with van der Waals surface area (Å²) in [5.41, 5.74) is 25.7. The van der Waals surface area contributed by atoms with Gasteiger partial charge in [0.1, 0.15) is 0 Å². The number of fused-ring (bicyclic) bond motifs is 10. The van der Waals surface area contributed by atoms with Crippen molar-refractivity contribution in [3.8, 4) is 11.4 Å². The van der Waals surface area contributed by atoms with Crippen molar-refractivity contribution in [3.05, 3.63) is 209 Å². The molecule has 0 aliphatic carbocycles. The van der Waals surface area contributed by atoms with Crippen LogP contribution in [0.4, 0.5) is 34.1 Å². The molecule has 0 saturated carbocycles. The van der Waals surface area contributed by atoms with Gasteiger partial charge in [-0.05, 0) is 167 Å². The summed E-state index contributed by atoms with van der Waals surface area (Å²) in [7, 11) is 0. The molecule has 4 heterocycles. The third kappa shape index (κ3) is 5.58. The number of aryl methyl sites for hydroxylation is 6. The van der Waals surface area contributed by atoms with Crippen molar-refractivity contribution < 1.29 is 0 Å². The lowest BCUT2D eigenvalue weighted by Gasteiger charge is -2.44. The fraction of sp³-hybridized carbons (Fsp3) is 0.100. The lowest BCUT2D eigenvalue weighted by molar-refractivity contribution is 1.16. The SMILES string of the molecule is Cc1ccc(N2c3cc(-n4c5ccc(C)cc5c5cc(C)ccc54)ccc3B3c4ccc(-n5c6ccc(C)cc6c6cc(C)ccc65)cc4N(c4ccc(C)cc4)c4cccc2c43)cc1. The van der Waals surface area contributed by atoms with Gasteiger partial charge >= 0.3 is 0 Å². The highest BCUT2D eigenvalue weighted by Crippen LogP contribution is 2.46. The van der Waals surface area contributed by atoms with Crippen molar-refractivity contribution >= 4 is 101 Å². The minimum atomic E-state index is -0.00963. The van der Waals surface area contributed by atoms with Crippen molar-refractivity contribution in [2.24, 2.45) is 0 Å². The Morgan fingerprint density at radius 3 is 0.969 bits per heavy atom. The smallest absolute Gasteiger partial charge is 0.252 e. The van der Waals surface area contributed by atoms with Crippen LogP contribution in [0.5, 0.6) is 0 Å². The summed E-state index contributed by atoms with van der Waals surface area (Å²) in [5.74, 6) is 0. The third-order valence-corrected chi connectivity index (χ3v) is 14.2. The standard InChI is InChI=1S/C60H47BN4/c1-36-10-18-42(19-11-36)62-56-8-7-9-57-60(56)61(50-24-22-44(34-58(50)62)64-52-26-14-38(3)30-46(52)47-31-39(4)15-27-53(47)64)51-25-23-45(35-59(51)63(57)43-20-12-37(2)13-21-43)65-54-28-16-40(5)32-48(54)49-33-41(6)17-29-55(49)65/h7-35H,1-6H3. The number of rotatable bonds is 4. The minimum Gasteiger partial charge on any atom is -0.311 e. The summed E-state index contributed by atoms with van der Waals surface area (Å²) in [4.78, 5) is 5.04. The zero-order valence-electron chi connectivity index (χ0n) is 37.6. The second kappa shape index (κ2) is 13.9. The molecule has 310 valence electrons. The summed E-state index contributed by atoms with van der Waals surface area (Å²) in [6, 6.07) is 67.0. The molecule has 4 nitrogen and oxygen atoms in total. The normalized spacial score (nSPS) is 13.0. The fourth-order valence-corrected chi connectivity index (χ4v) is 11.2. The maximum Gasteiger partial charge on any atom is 0.252 e. The van der Waals surface area contributed by atoms with Gasteiger partial charge < -0.3 is 18.9 Å². The monoisotopic (exact) mass is 834 g/mol. The fourth-order valence-electron chi connectivity index (χ4n) is 11.2. The highest BCUT2D eigenvalue weighted by Gasteiger charge is 2.43. The van der Waals surface area contributed by atoms with Crippen LogP contribution in [0.3, 0.4) is 0 Å². The number of nitrogens with zero attached hydrogens (tertiary/aromatic N) is 4. The van der Waals surface area contributed by atoms with Crippen LogP contribution in [0.2, 0.25) is 0 Å². The van der Waals surface area contributed by atoms with Crippen LogP contribution < -0.4 is 26.2 Å². The van der Waals surface area contributed by atoms with Crippen LogP contribution in [0.15, 0.2) is 176 Å². The molecule has 5 heteroatoms. The molecule has 9 aromatic carbocycles. The molecular formula is C60H47BN4. The molecule has 2 aliphatic heterocycles. The van der Waals surface area contributed by atoms with Gasteiger partial charge in [-0.1, -0.05) is 100 Å². The molecule has 0 saturated heterocycles. The van der Waals surface area contributed by atoms with E-state index < -0.39 is 0 Å². The minimum absolute atomic E-state index is 0.00963. The zero-order chi connectivity index (χ0) is 43.8. The van der Waals surface area contributed by atoms with E-state index in [4.69, 9.17) is 0 Å². The first-order valence-electron chi connectivity index (χ1n) is 22.9. The predicted octanol–water partition coefficient (Wildman–Crippen LogP) is 13.8. The first-order valence-corrected chi connectivity index (χ1v) is 22.9. The van der Waals surface area contributed by atoms with E-state index in [1.54, 1.807) is 0 Å². The quantitative estimate of drug-likeness (QED) is 0.164. The van der Waals surface area contributed by atoms with Crippen molar-refractivity contribution in [2.75, 3.05) is 9.80 Å². The van der Waals surface area contributed by atoms with E-state index in [1.165, 1.54) is 116 Å². The van der Waals surface area contributed by atoms with Gasteiger partial charge in [0.2, 0.25) is 0 Å². The Labute approximate surface area is 380 Å². The number of benzene rings is 9. The van der Waals surface area contributed by atoms with E-state index in [-0.39, 0.29) is 6.71 Å². The lowest BCUT2D eigenvalue weighted by Crippen LogP contribution is -2.61. The second-order valence-corrected chi connectivity index (χ2v) is 18.7. The molecule has 0 radical (unpaired) electrons. The summed E-state index contributed by atoms with van der Waals surface area (Å²) in [5, 5.41) is 5.14. The van der Waals surface area contributed by atoms with Crippen LogP contribution in [0.1, 0.15) is 33.4 Å². The van der Waals surface area contributed by atoms with E-state index in [9.17, 15) is 0 Å².